The summed E-state index contributed by atoms with van der Waals surface area (Å²) < 4.78 is 5.75. The molecule has 1 aromatic rings. The Morgan fingerprint density at radius 3 is 2.88 bits per heavy atom. The number of hydrogen-bond acceptors (Lipinski definition) is 2. The van der Waals surface area contributed by atoms with E-state index in [1.54, 1.807) is 0 Å². The van der Waals surface area contributed by atoms with Crippen LogP contribution in [0.5, 0.6) is 0 Å². The first-order chi connectivity index (χ1) is 8.26. The number of hydrogen-bond donors (Lipinski definition) is 0. The Hall–Kier alpha value is -0.540. The van der Waals surface area contributed by atoms with Crippen molar-refractivity contribution in [3.8, 4) is 0 Å². The van der Waals surface area contributed by atoms with Crippen LogP contribution in [0.4, 0.5) is 5.69 Å². The highest BCUT2D eigenvalue weighted by atomic mass is 79.9. The molecule has 0 bridgehead atoms. The highest BCUT2D eigenvalue weighted by Gasteiger charge is 2.26. The molecule has 2 nitrogen and oxygen atoms in total. The van der Waals surface area contributed by atoms with Crippen LogP contribution < -0.4 is 4.90 Å². The molecule has 1 aromatic carbocycles. The molecule has 17 heavy (non-hydrogen) atoms. The Morgan fingerprint density at radius 2 is 2.18 bits per heavy atom. The lowest BCUT2D eigenvalue weighted by Crippen LogP contribution is -2.49. The van der Waals surface area contributed by atoms with Crippen molar-refractivity contribution in [2.75, 3.05) is 18.1 Å². The molecule has 0 N–H and O–H groups in total. The second kappa shape index (κ2) is 5.87. The molecule has 2 unspecified atom stereocenters. The number of para-hydroxylation sites is 1. The maximum atomic E-state index is 5.75. The van der Waals surface area contributed by atoms with E-state index >= 15 is 0 Å². The molecule has 0 radical (unpaired) electrons. The van der Waals surface area contributed by atoms with Crippen LogP contribution in [0, 0.1) is 0 Å². The zero-order valence-electron chi connectivity index (χ0n) is 10.5. The minimum Gasteiger partial charge on any atom is -0.375 e. The molecule has 2 atom stereocenters. The molecule has 1 heterocycles. The van der Waals surface area contributed by atoms with E-state index < -0.39 is 0 Å². The first kappa shape index (κ1) is 12.9. The van der Waals surface area contributed by atoms with Crippen molar-refractivity contribution >= 4 is 21.6 Å². The third-order valence-corrected chi connectivity index (χ3v) is 3.99. The summed E-state index contributed by atoms with van der Waals surface area (Å²) in [6.07, 6.45) is 1.45. The Kier molecular flexibility index (Phi) is 4.46. The molecule has 3 heteroatoms. The predicted molar refractivity (Wildman–Crippen MR) is 75.9 cm³/mol. The lowest BCUT2D eigenvalue weighted by atomic mass is 10.1. The van der Waals surface area contributed by atoms with Gasteiger partial charge >= 0.3 is 0 Å². The summed E-state index contributed by atoms with van der Waals surface area (Å²) in [7, 11) is 0. The highest BCUT2D eigenvalue weighted by Crippen LogP contribution is 2.28. The van der Waals surface area contributed by atoms with E-state index in [4.69, 9.17) is 4.74 Å². The summed E-state index contributed by atoms with van der Waals surface area (Å²) in [5.41, 5.74) is 2.71. The average Bonchev–Trinajstić information content (AvgIpc) is 2.38. The zero-order valence-corrected chi connectivity index (χ0v) is 12.1. The average molecular weight is 298 g/mol. The number of nitrogens with zero attached hydrogens (tertiary/aromatic N) is 1. The molecule has 1 aliphatic rings. The largest absolute Gasteiger partial charge is 0.375 e. The lowest BCUT2D eigenvalue weighted by Gasteiger charge is -2.40. The van der Waals surface area contributed by atoms with E-state index in [0.717, 1.165) is 24.9 Å². The van der Waals surface area contributed by atoms with Crippen LogP contribution in [-0.2, 0) is 10.1 Å². The van der Waals surface area contributed by atoms with Crippen molar-refractivity contribution in [3.05, 3.63) is 29.8 Å². The van der Waals surface area contributed by atoms with Crippen molar-refractivity contribution in [2.45, 2.75) is 37.7 Å². The molecule has 0 aromatic heterocycles. The number of anilines is 1. The third kappa shape index (κ3) is 2.83. The van der Waals surface area contributed by atoms with Crippen LogP contribution in [0.2, 0.25) is 0 Å². The van der Waals surface area contributed by atoms with Crippen LogP contribution in [0.3, 0.4) is 0 Å². The number of halogens is 1. The van der Waals surface area contributed by atoms with Gasteiger partial charge in [0.25, 0.3) is 0 Å². The number of alkyl halides is 1. The molecule has 1 aliphatic heterocycles. The zero-order chi connectivity index (χ0) is 12.3. The minimum atomic E-state index is 0.321. The lowest BCUT2D eigenvalue weighted by molar-refractivity contribution is 0.0299. The summed E-state index contributed by atoms with van der Waals surface area (Å²) in [6.45, 7) is 6.21. The van der Waals surface area contributed by atoms with Gasteiger partial charge in [0.05, 0.1) is 18.8 Å². The Bertz CT molecular complexity index is 369. The number of ether oxygens (including phenoxy) is 1. The van der Waals surface area contributed by atoms with Gasteiger partial charge in [-0.25, -0.2) is 0 Å². The SMILES string of the molecule is CCC1COC(C)CN1c1ccccc1CBr. The Morgan fingerprint density at radius 1 is 1.41 bits per heavy atom. The van der Waals surface area contributed by atoms with Gasteiger partial charge in [0, 0.05) is 17.6 Å². The number of benzene rings is 1. The van der Waals surface area contributed by atoms with E-state index in [2.05, 4.69) is 58.9 Å². The van der Waals surface area contributed by atoms with Crippen molar-refractivity contribution < 1.29 is 4.74 Å². The maximum absolute atomic E-state index is 5.75. The van der Waals surface area contributed by atoms with E-state index in [1.165, 1.54) is 11.3 Å². The fraction of sp³-hybridized carbons (Fsp3) is 0.571. The Labute approximate surface area is 112 Å². The minimum absolute atomic E-state index is 0.321. The number of rotatable bonds is 3. The van der Waals surface area contributed by atoms with Crippen LogP contribution in [0.25, 0.3) is 0 Å². The van der Waals surface area contributed by atoms with Gasteiger partial charge in [-0.1, -0.05) is 41.1 Å². The highest BCUT2D eigenvalue weighted by molar-refractivity contribution is 9.08. The van der Waals surface area contributed by atoms with Gasteiger partial charge in [-0.15, -0.1) is 0 Å². The summed E-state index contributed by atoms with van der Waals surface area (Å²) in [6, 6.07) is 9.14. The second-order valence-corrected chi connectivity index (χ2v) is 5.18. The molecule has 0 amide bonds. The first-order valence-corrected chi connectivity index (χ1v) is 7.40. The van der Waals surface area contributed by atoms with Gasteiger partial charge in [-0.2, -0.15) is 0 Å². The van der Waals surface area contributed by atoms with Gasteiger partial charge in [-0.05, 0) is 25.0 Å². The molecular weight excluding hydrogens is 278 g/mol. The standard InChI is InChI=1S/C14H20BrNO/c1-3-13-10-17-11(2)9-16(13)14-7-5-4-6-12(14)8-15/h4-7,11,13H,3,8-10H2,1-2H3. The summed E-state index contributed by atoms with van der Waals surface area (Å²) in [5.74, 6) is 0. The molecule has 0 aliphatic carbocycles. The second-order valence-electron chi connectivity index (χ2n) is 4.62. The van der Waals surface area contributed by atoms with Gasteiger partial charge in [0.2, 0.25) is 0 Å². The van der Waals surface area contributed by atoms with Crippen LogP contribution in [-0.4, -0.2) is 25.3 Å². The first-order valence-electron chi connectivity index (χ1n) is 6.28. The Balaban J connectivity index is 2.28. The van der Waals surface area contributed by atoms with Gasteiger partial charge in [0.15, 0.2) is 0 Å². The van der Waals surface area contributed by atoms with E-state index in [1.807, 2.05) is 0 Å². The van der Waals surface area contributed by atoms with Crippen molar-refractivity contribution in [1.82, 2.24) is 0 Å². The summed E-state index contributed by atoms with van der Waals surface area (Å²) in [5, 5.41) is 0.908. The summed E-state index contributed by atoms with van der Waals surface area (Å²) >= 11 is 3.57. The molecule has 1 saturated heterocycles. The predicted octanol–water partition coefficient (Wildman–Crippen LogP) is 3.59. The van der Waals surface area contributed by atoms with E-state index in [-0.39, 0.29) is 0 Å². The number of morpholine rings is 1. The van der Waals surface area contributed by atoms with Crippen LogP contribution in [0.1, 0.15) is 25.8 Å². The van der Waals surface area contributed by atoms with Crippen molar-refractivity contribution in [2.24, 2.45) is 0 Å². The fourth-order valence-corrected chi connectivity index (χ4v) is 2.86. The molecule has 2 rings (SSSR count). The van der Waals surface area contributed by atoms with Gasteiger partial charge < -0.3 is 9.64 Å². The molecule has 94 valence electrons. The van der Waals surface area contributed by atoms with E-state index in [9.17, 15) is 0 Å². The normalized spacial score (nSPS) is 25.0. The van der Waals surface area contributed by atoms with Crippen molar-refractivity contribution in [1.29, 1.82) is 0 Å². The maximum Gasteiger partial charge on any atom is 0.0723 e. The third-order valence-electron chi connectivity index (χ3n) is 3.38. The summed E-state index contributed by atoms with van der Waals surface area (Å²) in [4.78, 5) is 2.50. The van der Waals surface area contributed by atoms with Gasteiger partial charge in [-0.3, -0.25) is 0 Å². The van der Waals surface area contributed by atoms with E-state index in [0.29, 0.717) is 12.1 Å². The smallest absolute Gasteiger partial charge is 0.0723 e. The topological polar surface area (TPSA) is 12.5 Å². The van der Waals surface area contributed by atoms with Crippen LogP contribution in [0.15, 0.2) is 24.3 Å². The monoisotopic (exact) mass is 297 g/mol. The molecule has 1 fully saturated rings. The van der Waals surface area contributed by atoms with Crippen molar-refractivity contribution in [3.63, 3.8) is 0 Å². The quantitative estimate of drug-likeness (QED) is 0.791. The fourth-order valence-electron chi connectivity index (χ4n) is 2.38. The van der Waals surface area contributed by atoms with Crippen LogP contribution >= 0.6 is 15.9 Å². The molecular formula is C14H20BrNO. The van der Waals surface area contributed by atoms with Gasteiger partial charge in [0.1, 0.15) is 0 Å². The molecule has 0 spiro atoms. The molecule has 0 saturated carbocycles.